The minimum atomic E-state index is -4.51. The fourth-order valence-corrected chi connectivity index (χ4v) is 5.55. The Morgan fingerprint density at radius 3 is 1.76 bits per heavy atom. The van der Waals surface area contributed by atoms with Crippen molar-refractivity contribution in [3.8, 4) is 11.5 Å². The van der Waals surface area contributed by atoms with Gasteiger partial charge in [-0.3, -0.25) is 0 Å². The standard InChI is InChI=1S/C31H35F5O2/c1-2-21-37-28-17-11-25(12-18-28)24-9-5-22(6-10-24)3-4-23-7-13-27(14-8-23)31(35,36)38-29-19-15-26(16-20-29)30(32,33)34/h2-4,11-12,15-20,22-24,27H,1,5-10,13-14,21H2/b4-3+. The SMILES string of the molecule is C=CCOc1ccc(C2CCC(/C=C/C3CCC(C(F)(F)Oc4ccc(C(F)(F)F)cc4)CC3)CC2)cc1. The third-order valence-electron chi connectivity index (χ3n) is 7.83. The summed E-state index contributed by atoms with van der Waals surface area (Å²) < 4.78 is 77.9. The van der Waals surface area contributed by atoms with Gasteiger partial charge < -0.3 is 9.47 Å². The first-order valence-corrected chi connectivity index (χ1v) is 13.4. The van der Waals surface area contributed by atoms with Gasteiger partial charge in [-0.05, 0) is 111 Å². The first-order valence-electron chi connectivity index (χ1n) is 13.4. The van der Waals surface area contributed by atoms with Gasteiger partial charge in [0.2, 0.25) is 0 Å². The lowest BCUT2D eigenvalue weighted by Gasteiger charge is -2.32. The molecule has 2 aliphatic carbocycles. The third kappa shape index (κ3) is 7.61. The second-order valence-electron chi connectivity index (χ2n) is 10.5. The van der Waals surface area contributed by atoms with Crippen LogP contribution in [0.1, 0.15) is 68.4 Å². The van der Waals surface area contributed by atoms with Crippen molar-refractivity contribution in [3.63, 3.8) is 0 Å². The number of allylic oxidation sites excluding steroid dienone is 2. The second-order valence-corrected chi connectivity index (χ2v) is 10.5. The Balaban J connectivity index is 1.20. The molecule has 0 aromatic heterocycles. The van der Waals surface area contributed by atoms with Gasteiger partial charge in [0.05, 0.1) is 11.5 Å². The molecule has 2 saturated carbocycles. The average molecular weight is 535 g/mol. The molecule has 2 fully saturated rings. The summed E-state index contributed by atoms with van der Waals surface area (Å²) in [5.74, 6) is 0.993. The van der Waals surface area contributed by atoms with Gasteiger partial charge in [0.25, 0.3) is 0 Å². The number of hydrogen-bond donors (Lipinski definition) is 0. The summed E-state index contributed by atoms with van der Waals surface area (Å²) in [5, 5.41) is 0. The predicted octanol–water partition coefficient (Wildman–Crippen LogP) is 9.58. The van der Waals surface area contributed by atoms with Crippen molar-refractivity contribution in [3.05, 3.63) is 84.5 Å². The van der Waals surface area contributed by atoms with Gasteiger partial charge in [0.1, 0.15) is 18.1 Å². The second kappa shape index (κ2) is 12.4. The Morgan fingerprint density at radius 1 is 0.711 bits per heavy atom. The van der Waals surface area contributed by atoms with E-state index in [1.165, 1.54) is 5.56 Å². The highest BCUT2D eigenvalue weighted by Crippen LogP contribution is 2.42. The summed E-state index contributed by atoms with van der Waals surface area (Å²) in [6, 6.07) is 11.7. The molecule has 0 radical (unpaired) electrons. The smallest absolute Gasteiger partial charge is 0.416 e. The number of rotatable bonds is 9. The van der Waals surface area contributed by atoms with Crippen LogP contribution < -0.4 is 9.47 Å². The lowest BCUT2D eigenvalue weighted by molar-refractivity contribution is -0.223. The molecule has 2 aromatic rings. The molecule has 0 unspecified atom stereocenters. The van der Waals surface area contributed by atoms with Gasteiger partial charge in [0.15, 0.2) is 0 Å². The predicted molar refractivity (Wildman–Crippen MR) is 138 cm³/mol. The number of hydrogen-bond acceptors (Lipinski definition) is 2. The van der Waals surface area contributed by atoms with Gasteiger partial charge in [-0.25, -0.2) is 0 Å². The van der Waals surface area contributed by atoms with E-state index in [2.05, 4.69) is 30.9 Å². The van der Waals surface area contributed by atoms with E-state index in [0.29, 0.717) is 44.1 Å². The molecule has 0 bridgehead atoms. The van der Waals surface area contributed by atoms with E-state index in [-0.39, 0.29) is 11.7 Å². The van der Waals surface area contributed by atoms with Crippen LogP contribution in [0.2, 0.25) is 0 Å². The van der Waals surface area contributed by atoms with Gasteiger partial charge in [-0.2, -0.15) is 22.0 Å². The van der Waals surface area contributed by atoms with E-state index in [4.69, 9.17) is 9.47 Å². The monoisotopic (exact) mass is 534 g/mol. The topological polar surface area (TPSA) is 18.5 Å². The van der Waals surface area contributed by atoms with E-state index < -0.39 is 23.8 Å². The van der Waals surface area contributed by atoms with E-state index in [0.717, 1.165) is 55.7 Å². The summed E-state index contributed by atoms with van der Waals surface area (Å²) in [6.07, 6.45) is 4.73. The van der Waals surface area contributed by atoms with Crippen molar-refractivity contribution < 1.29 is 31.4 Å². The maximum Gasteiger partial charge on any atom is 0.416 e. The van der Waals surface area contributed by atoms with Gasteiger partial charge in [-0.1, -0.05) is 36.9 Å². The quantitative estimate of drug-likeness (QED) is 0.236. The van der Waals surface area contributed by atoms with E-state index in [1.807, 2.05) is 12.1 Å². The maximum atomic E-state index is 14.7. The highest BCUT2D eigenvalue weighted by molar-refractivity contribution is 5.30. The minimum Gasteiger partial charge on any atom is -0.490 e. The van der Waals surface area contributed by atoms with Crippen LogP contribution in [-0.4, -0.2) is 12.7 Å². The first-order chi connectivity index (χ1) is 18.1. The fraction of sp³-hybridized carbons (Fsp3) is 0.484. The number of halogens is 5. The van der Waals surface area contributed by atoms with Gasteiger partial charge >= 0.3 is 12.3 Å². The first kappa shape index (κ1) is 28.2. The molecule has 0 heterocycles. The normalized spacial score (nSPS) is 24.8. The van der Waals surface area contributed by atoms with Crippen LogP contribution in [0.3, 0.4) is 0 Å². The van der Waals surface area contributed by atoms with Gasteiger partial charge in [-0.15, -0.1) is 0 Å². The molecule has 2 aliphatic rings. The molecular weight excluding hydrogens is 499 g/mol. The Labute approximate surface area is 221 Å². The van der Waals surface area contributed by atoms with Crippen molar-refractivity contribution in [2.24, 2.45) is 17.8 Å². The van der Waals surface area contributed by atoms with Crippen LogP contribution in [0.5, 0.6) is 11.5 Å². The molecule has 0 atom stereocenters. The number of ether oxygens (including phenoxy) is 2. The van der Waals surface area contributed by atoms with Crippen molar-refractivity contribution >= 4 is 0 Å². The molecule has 2 nitrogen and oxygen atoms in total. The van der Waals surface area contributed by atoms with Crippen molar-refractivity contribution in [2.75, 3.05) is 6.61 Å². The zero-order valence-corrected chi connectivity index (χ0v) is 21.4. The van der Waals surface area contributed by atoms with Crippen LogP contribution >= 0.6 is 0 Å². The highest BCUT2D eigenvalue weighted by Gasteiger charge is 2.44. The number of alkyl halides is 5. The molecule has 0 amide bonds. The molecule has 0 N–H and O–H groups in total. The third-order valence-corrected chi connectivity index (χ3v) is 7.83. The highest BCUT2D eigenvalue weighted by atomic mass is 19.4. The molecular formula is C31H35F5O2. The Kier molecular flexibility index (Phi) is 9.16. The lowest BCUT2D eigenvalue weighted by Crippen LogP contribution is -2.37. The zero-order chi connectivity index (χ0) is 27.2. The Morgan fingerprint density at radius 2 is 1.24 bits per heavy atom. The average Bonchev–Trinajstić information content (AvgIpc) is 2.91. The number of benzene rings is 2. The van der Waals surface area contributed by atoms with Crippen molar-refractivity contribution in [2.45, 2.75) is 69.6 Å². The Bertz CT molecular complexity index is 1040. The molecule has 2 aromatic carbocycles. The van der Waals surface area contributed by atoms with E-state index >= 15 is 0 Å². The van der Waals surface area contributed by atoms with E-state index in [1.54, 1.807) is 6.08 Å². The molecule has 38 heavy (non-hydrogen) atoms. The largest absolute Gasteiger partial charge is 0.490 e. The molecule has 4 rings (SSSR count). The lowest BCUT2D eigenvalue weighted by atomic mass is 9.77. The van der Waals surface area contributed by atoms with Crippen LogP contribution in [0.4, 0.5) is 22.0 Å². The molecule has 0 spiro atoms. The summed E-state index contributed by atoms with van der Waals surface area (Å²) in [7, 11) is 0. The fourth-order valence-electron chi connectivity index (χ4n) is 5.55. The summed E-state index contributed by atoms with van der Waals surface area (Å²) in [6.45, 7) is 4.16. The summed E-state index contributed by atoms with van der Waals surface area (Å²) in [5.41, 5.74) is 0.453. The van der Waals surface area contributed by atoms with Crippen LogP contribution in [-0.2, 0) is 6.18 Å². The van der Waals surface area contributed by atoms with Crippen LogP contribution in [0.15, 0.2) is 73.3 Å². The minimum absolute atomic E-state index is 0.252. The zero-order valence-electron chi connectivity index (χ0n) is 21.4. The molecule has 0 saturated heterocycles. The molecule has 0 aliphatic heterocycles. The van der Waals surface area contributed by atoms with Crippen molar-refractivity contribution in [1.82, 2.24) is 0 Å². The van der Waals surface area contributed by atoms with Crippen LogP contribution in [0, 0.1) is 17.8 Å². The van der Waals surface area contributed by atoms with E-state index in [9.17, 15) is 22.0 Å². The van der Waals surface area contributed by atoms with Gasteiger partial charge in [0, 0.05) is 0 Å². The maximum absolute atomic E-state index is 14.7. The Hall–Kier alpha value is -2.83. The van der Waals surface area contributed by atoms with Crippen molar-refractivity contribution in [1.29, 1.82) is 0 Å². The summed E-state index contributed by atoms with van der Waals surface area (Å²) in [4.78, 5) is 0. The summed E-state index contributed by atoms with van der Waals surface area (Å²) >= 11 is 0. The molecule has 7 heteroatoms. The molecule has 206 valence electrons. The van der Waals surface area contributed by atoms with Crippen LogP contribution in [0.25, 0.3) is 0 Å².